The molecule has 5 heteroatoms. The second-order valence-corrected chi connectivity index (χ2v) is 4.37. The Hall–Kier alpha value is -1.10. The number of rotatable bonds is 4. The molecule has 1 amide bonds. The lowest BCUT2D eigenvalue weighted by molar-refractivity contribution is -0.153. The Morgan fingerprint density at radius 3 is 2.67 bits per heavy atom. The number of carboxylic acids is 1. The molecule has 1 fully saturated rings. The van der Waals surface area contributed by atoms with Crippen LogP contribution < -0.4 is 5.32 Å². The number of ether oxygens (including phenoxy) is 1. The first-order valence-electron chi connectivity index (χ1n) is 5.04. The Morgan fingerprint density at radius 1 is 1.53 bits per heavy atom. The number of aliphatic carboxylic acids is 1. The number of hydrogen-bond donors (Lipinski definition) is 2. The van der Waals surface area contributed by atoms with E-state index in [1.54, 1.807) is 0 Å². The third-order valence-electron chi connectivity index (χ3n) is 2.68. The number of amides is 1. The van der Waals surface area contributed by atoms with Gasteiger partial charge in [0.15, 0.2) is 0 Å². The van der Waals surface area contributed by atoms with E-state index in [-0.39, 0.29) is 0 Å². The van der Waals surface area contributed by atoms with Gasteiger partial charge >= 0.3 is 5.97 Å². The summed E-state index contributed by atoms with van der Waals surface area (Å²) in [5.74, 6) is -1.23. The molecule has 0 aromatic carbocycles. The summed E-state index contributed by atoms with van der Waals surface area (Å²) in [5, 5.41) is 11.5. The van der Waals surface area contributed by atoms with Gasteiger partial charge in [0.05, 0.1) is 6.61 Å². The third kappa shape index (κ3) is 2.92. The topological polar surface area (TPSA) is 75.6 Å². The summed E-state index contributed by atoms with van der Waals surface area (Å²) in [6.45, 7) is 4.66. The number of nitrogens with one attached hydrogen (secondary N) is 1. The van der Waals surface area contributed by atoms with Gasteiger partial charge in [-0.2, -0.15) is 0 Å². The molecule has 0 aliphatic carbocycles. The van der Waals surface area contributed by atoms with Crippen molar-refractivity contribution in [2.45, 2.75) is 20.3 Å². The highest BCUT2D eigenvalue weighted by Crippen LogP contribution is 2.16. The SMILES string of the molecule is CC(C)(C(=O)O)C(=O)NCC1CCOC1. The number of hydrogen-bond acceptors (Lipinski definition) is 3. The molecular weight excluding hydrogens is 198 g/mol. The minimum atomic E-state index is -1.36. The summed E-state index contributed by atoms with van der Waals surface area (Å²) >= 11 is 0. The standard InChI is InChI=1S/C10H17NO4/c1-10(2,9(13)14)8(12)11-5-7-3-4-15-6-7/h7H,3-6H2,1-2H3,(H,11,12)(H,13,14). The van der Waals surface area contributed by atoms with Gasteiger partial charge in [0.2, 0.25) is 5.91 Å². The smallest absolute Gasteiger partial charge is 0.318 e. The minimum absolute atomic E-state index is 0.318. The molecule has 1 heterocycles. The lowest BCUT2D eigenvalue weighted by Crippen LogP contribution is -2.44. The molecule has 0 bridgehead atoms. The van der Waals surface area contributed by atoms with Crippen molar-refractivity contribution in [1.82, 2.24) is 5.32 Å². The Morgan fingerprint density at radius 2 is 2.20 bits per heavy atom. The molecule has 0 radical (unpaired) electrons. The van der Waals surface area contributed by atoms with E-state index in [4.69, 9.17) is 9.84 Å². The molecule has 1 atom stereocenters. The fourth-order valence-electron chi connectivity index (χ4n) is 1.30. The fourth-order valence-corrected chi connectivity index (χ4v) is 1.30. The molecule has 0 saturated carbocycles. The van der Waals surface area contributed by atoms with Crippen LogP contribution in [0.25, 0.3) is 0 Å². The zero-order valence-corrected chi connectivity index (χ0v) is 9.08. The van der Waals surface area contributed by atoms with Crippen LogP contribution in [0.2, 0.25) is 0 Å². The molecule has 2 N–H and O–H groups in total. The van der Waals surface area contributed by atoms with E-state index in [2.05, 4.69) is 5.32 Å². The zero-order chi connectivity index (χ0) is 11.5. The Balaban J connectivity index is 2.38. The van der Waals surface area contributed by atoms with Gasteiger partial charge in [0, 0.05) is 19.1 Å². The number of carbonyl (C=O) groups excluding carboxylic acids is 1. The van der Waals surface area contributed by atoms with Crippen LogP contribution in [0.3, 0.4) is 0 Å². The highest BCUT2D eigenvalue weighted by atomic mass is 16.5. The Kier molecular flexibility index (Phi) is 3.68. The fraction of sp³-hybridized carbons (Fsp3) is 0.800. The van der Waals surface area contributed by atoms with Crippen molar-refractivity contribution < 1.29 is 19.4 Å². The van der Waals surface area contributed by atoms with Crippen LogP contribution in [0.15, 0.2) is 0 Å². The van der Waals surface area contributed by atoms with Gasteiger partial charge in [-0.15, -0.1) is 0 Å². The van der Waals surface area contributed by atoms with E-state index in [1.807, 2.05) is 0 Å². The molecule has 1 aliphatic rings. The summed E-state index contributed by atoms with van der Waals surface area (Å²) < 4.78 is 5.15. The minimum Gasteiger partial charge on any atom is -0.480 e. The summed E-state index contributed by atoms with van der Waals surface area (Å²) in [6, 6.07) is 0. The molecule has 15 heavy (non-hydrogen) atoms. The average molecular weight is 215 g/mol. The van der Waals surface area contributed by atoms with Gasteiger partial charge in [-0.3, -0.25) is 9.59 Å². The van der Waals surface area contributed by atoms with Crippen LogP contribution >= 0.6 is 0 Å². The molecule has 86 valence electrons. The Bertz CT molecular complexity index is 256. The molecule has 0 aromatic heterocycles. The monoisotopic (exact) mass is 215 g/mol. The first-order chi connectivity index (χ1) is 6.94. The molecule has 1 saturated heterocycles. The first kappa shape index (κ1) is 12.0. The predicted octanol–water partition coefficient (Wildman–Crippen LogP) is 0.250. The maximum Gasteiger partial charge on any atom is 0.318 e. The largest absolute Gasteiger partial charge is 0.480 e. The van der Waals surface area contributed by atoms with E-state index in [0.717, 1.165) is 13.0 Å². The molecular formula is C10H17NO4. The molecule has 1 rings (SSSR count). The van der Waals surface area contributed by atoms with E-state index < -0.39 is 17.3 Å². The van der Waals surface area contributed by atoms with Crippen LogP contribution in [0, 0.1) is 11.3 Å². The summed E-state index contributed by atoms with van der Waals surface area (Å²) in [5.41, 5.74) is -1.36. The number of carboxylic acid groups (broad SMARTS) is 1. The third-order valence-corrected chi connectivity index (χ3v) is 2.68. The van der Waals surface area contributed by atoms with E-state index in [1.165, 1.54) is 13.8 Å². The van der Waals surface area contributed by atoms with Crippen LogP contribution in [0.4, 0.5) is 0 Å². The molecule has 5 nitrogen and oxygen atoms in total. The normalized spacial score (nSPS) is 21.3. The van der Waals surface area contributed by atoms with Gasteiger partial charge < -0.3 is 15.2 Å². The van der Waals surface area contributed by atoms with Gasteiger partial charge in [0.25, 0.3) is 0 Å². The van der Waals surface area contributed by atoms with E-state index in [9.17, 15) is 9.59 Å². The van der Waals surface area contributed by atoms with Crippen molar-refractivity contribution in [1.29, 1.82) is 0 Å². The maximum atomic E-state index is 11.5. The quantitative estimate of drug-likeness (QED) is 0.659. The summed E-state index contributed by atoms with van der Waals surface area (Å²) in [7, 11) is 0. The average Bonchev–Trinajstić information content (AvgIpc) is 2.66. The van der Waals surface area contributed by atoms with Crippen molar-refractivity contribution in [3.8, 4) is 0 Å². The van der Waals surface area contributed by atoms with Gasteiger partial charge in [-0.25, -0.2) is 0 Å². The molecule has 0 spiro atoms. The lowest BCUT2D eigenvalue weighted by atomic mass is 9.92. The maximum absolute atomic E-state index is 11.5. The van der Waals surface area contributed by atoms with Gasteiger partial charge in [-0.1, -0.05) is 0 Å². The Labute approximate surface area is 88.8 Å². The van der Waals surface area contributed by atoms with Crippen LogP contribution in [-0.2, 0) is 14.3 Å². The second-order valence-electron chi connectivity index (χ2n) is 4.37. The van der Waals surface area contributed by atoms with Crippen molar-refractivity contribution >= 4 is 11.9 Å². The molecule has 0 aromatic rings. The van der Waals surface area contributed by atoms with E-state index in [0.29, 0.717) is 19.1 Å². The summed E-state index contributed by atoms with van der Waals surface area (Å²) in [4.78, 5) is 22.3. The van der Waals surface area contributed by atoms with Crippen molar-refractivity contribution in [2.24, 2.45) is 11.3 Å². The molecule has 1 unspecified atom stereocenters. The highest BCUT2D eigenvalue weighted by Gasteiger charge is 2.36. The lowest BCUT2D eigenvalue weighted by Gasteiger charge is -2.19. The van der Waals surface area contributed by atoms with Gasteiger partial charge in [-0.05, 0) is 20.3 Å². The number of carbonyl (C=O) groups is 2. The second kappa shape index (κ2) is 4.61. The highest BCUT2D eigenvalue weighted by molar-refractivity contribution is 6.00. The zero-order valence-electron chi connectivity index (χ0n) is 9.08. The van der Waals surface area contributed by atoms with Crippen LogP contribution in [0.1, 0.15) is 20.3 Å². The van der Waals surface area contributed by atoms with Gasteiger partial charge in [0.1, 0.15) is 5.41 Å². The summed E-state index contributed by atoms with van der Waals surface area (Å²) in [6.07, 6.45) is 0.924. The van der Waals surface area contributed by atoms with Crippen molar-refractivity contribution in [2.75, 3.05) is 19.8 Å². The predicted molar refractivity (Wildman–Crippen MR) is 53.4 cm³/mol. The van der Waals surface area contributed by atoms with E-state index >= 15 is 0 Å². The van der Waals surface area contributed by atoms with Crippen molar-refractivity contribution in [3.63, 3.8) is 0 Å². The first-order valence-corrected chi connectivity index (χ1v) is 5.04. The molecule has 1 aliphatic heterocycles. The van der Waals surface area contributed by atoms with Crippen LogP contribution in [-0.4, -0.2) is 36.7 Å². The van der Waals surface area contributed by atoms with Crippen molar-refractivity contribution in [3.05, 3.63) is 0 Å². The van der Waals surface area contributed by atoms with Crippen LogP contribution in [0.5, 0.6) is 0 Å².